The summed E-state index contributed by atoms with van der Waals surface area (Å²) in [4.78, 5) is 10.4. The van der Waals surface area contributed by atoms with Crippen LogP contribution in [0.5, 0.6) is 0 Å². The van der Waals surface area contributed by atoms with Gasteiger partial charge in [-0.25, -0.2) is 9.98 Å². The van der Waals surface area contributed by atoms with Crippen molar-refractivity contribution in [3.05, 3.63) is 114 Å². The van der Waals surface area contributed by atoms with E-state index in [2.05, 4.69) is 125 Å². The SMILES string of the molecule is Cc1cccc(C)c1N=C1C(=Nc2c(C)cccc2C)c2cccc3cccc1c23.[CH3-].[Cl][Ni]. The van der Waals surface area contributed by atoms with Crippen molar-refractivity contribution in [2.45, 2.75) is 27.7 Å². The van der Waals surface area contributed by atoms with Crippen LogP contribution < -0.4 is 0 Å². The van der Waals surface area contributed by atoms with Crippen LogP contribution in [-0.2, 0) is 14.6 Å². The molecule has 2 nitrogen and oxygen atoms in total. The van der Waals surface area contributed by atoms with E-state index in [9.17, 15) is 0 Å². The molecule has 0 spiro atoms. The third-order valence-corrected chi connectivity index (χ3v) is 5.97. The maximum absolute atomic E-state index is 5.22. The minimum atomic E-state index is 0. The topological polar surface area (TPSA) is 24.7 Å². The summed E-state index contributed by atoms with van der Waals surface area (Å²) >= 11 is 3.35. The summed E-state index contributed by atoms with van der Waals surface area (Å²) in [7, 11) is 4.26. The summed E-state index contributed by atoms with van der Waals surface area (Å²) in [5.74, 6) is 0. The molecule has 4 heteroatoms. The van der Waals surface area contributed by atoms with Gasteiger partial charge in [-0.15, -0.1) is 0 Å². The summed E-state index contributed by atoms with van der Waals surface area (Å²) < 4.78 is 0. The van der Waals surface area contributed by atoms with Gasteiger partial charge >= 0.3 is 24.8 Å². The van der Waals surface area contributed by atoms with E-state index in [1.165, 1.54) is 33.0 Å². The van der Waals surface area contributed by atoms with Crippen LogP contribution in [0.4, 0.5) is 11.4 Å². The first-order chi connectivity index (χ1) is 15.5. The Hall–Kier alpha value is -2.74. The number of rotatable bonds is 2. The monoisotopic (exact) mass is 496 g/mol. The Bertz CT molecular complexity index is 1240. The molecule has 0 radical (unpaired) electrons. The molecule has 0 heterocycles. The summed E-state index contributed by atoms with van der Waals surface area (Å²) in [5, 5.41) is 2.47. The molecule has 0 aliphatic heterocycles. The van der Waals surface area contributed by atoms with Crippen LogP contribution in [0.15, 0.2) is 82.8 Å². The van der Waals surface area contributed by atoms with E-state index in [1.807, 2.05) is 0 Å². The second-order valence-electron chi connectivity index (χ2n) is 8.11. The van der Waals surface area contributed by atoms with Crippen molar-refractivity contribution in [3.63, 3.8) is 0 Å². The van der Waals surface area contributed by atoms with Gasteiger partial charge in [-0.2, -0.15) is 0 Å². The molecule has 0 amide bonds. The third-order valence-electron chi connectivity index (χ3n) is 5.97. The van der Waals surface area contributed by atoms with Crippen molar-refractivity contribution < 1.29 is 14.6 Å². The Kier molecular flexibility index (Phi) is 7.90. The predicted molar refractivity (Wildman–Crippen MR) is 140 cm³/mol. The molecule has 0 unspecified atom stereocenters. The molecule has 33 heavy (non-hydrogen) atoms. The second kappa shape index (κ2) is 10.5. The maximum atomic E-state index is 5.22. The summed E-state index contributed by atoms with van der Waals surface area (Å²) in [6, 6.07) is 25.6. The number of aryl methyl sites for hydroxylation is 4. The zero-order valence-corrected chi connectivity index (χ0v) is 21.3. The van der Waals surface area contributed by atoms with E-state index in [0.717, 1.165) is 33.9 Å². The molecule has 4 aromatic carbocycles. The fourth-order valence-electron chi connectivity index (χ4n) is 4.40. The fourth-order valence-corrected chi connectivity index (χ4v) is 4.40. The van der Waals surface area contributed by atoms with Gasteiger partial charge in [-0.3, -0.25) is 0 Å². The van der Waals surface area contributed by atoms with Crippen LogP contribution in [0, 0.1) is 35.1 Å². The first-order valence-electron chi connectivity index (χ1n) is 10.5. The molecule has 0 atom stereocenters. The van der Waals surface area contributed by atoms with Gasteiger partial charge in [-0.05, 0) is 55.3 Å². The standard InChI is InChI=1S/C28H24N2.CH3.ClH.Ni/c1-17-9-5-10-18(2)25(17)29-27-22-15-7-13-21-14-8-16-23(24(21)22)28(27)30-26-19(3)11-6-12-20(26)4;;;/h5-16H,1-4H3;1H3;1H;/q;-1;;+1/p-1. The van der Waals surface area contributed by atoms with Crippen molar-refractivity contribution in [2.24, 2.45) is 9.98 Å². The van der Waals surface area contributed by atoms with Crippen LogP contribution in [0.1, 0.15) is 33.4 Å². The molecule has 0 fully saturated rings. The summed E-state index contributed by atoms with van der Waals surface area (Å²) in [6.45, 7) is 8.49. The first kappa shape index (κ1) is 24.9. The molecule has 0 aromatic heterocycles. The minimum absolute atomic E-state index is 0. The molecular weight excluding hydrogens is 470 g/mol. The average Bonchev–Trinajstić information content (AvgIpc) is 3.09. The number of benzene rings is 4. The zero-order valence-electron chi connectivity index (χ0n) is 19.5. The number of hydrogen-bond donors (Lipinski definition) is 0. The number of aliphatic imine (C=N–C) groups is 2. The molecule has 1 aliphatic carbocycles. The quantitative estimate of drug-likeness (QED) is 0.196. The first-order valence-corrected chi connectivity index (χ1v) is 11.8. The van der Waals surface area contributed by atoms with Crippen LogP contribution >= 0.6 is 10.2 Å². The second-order valence-corrected chi connectivity index (χ2v) is 8.11. The van der Waals surface area contributed by atoms with Gasteiger partial charge in [0.05, 0.1) is 22.8 Å². The van der Waals surface area contributed by atoms with E-state index in [-0.39, 0.29) is 7.43 Å². The van der Waals surface area contributed by atoms with Crippen molar-refractivity contribution in [1.29, 1.82) is 0 Å². The average molecular weight is 498 g/mol. The molecular formula is C29H27ClN2Ni-. The third kappa shape index (κ3) is 4.53. The molecule has 1 aliphatic rings. The van der Waals surface area contributed by atoms with E-state index >= 15 is 0 Å². The number of halogens is 1. The Morgan fingerprint density at radius 1 is 0.545 bits per heavy atom. The van der Waals surface area contributed by atoms with E-state index in [4.69, 9.17) is 9.98 Å². The molecule has 0 N–H and O–H groups in total. The van der Waals surface area contributed by atoms with E-state index < -0.39 is 0 Å². The van der Waals surface area contributed by atoms with Gasteiger partial charge in [-0.1, -0.05) is 72.8 Å². The Balaban J connectivity index is 0.000000994. The molecule has 0 saturated heterocycles. The molecule has 5 rings (SSSR count). The Labute approximate surface area is 209 Å². The van der Waals surface area contributed by atoms with Gasteiger partial charge < -0.3 is 7.43 Å². The van der Waals surface area contributed by atoms with Crippen molar-refractivity contribution in [1.82, 2.24) is 0 Å². The zero-order chi connectivity index (χ0) is 22.8. The van der Waals surface area contributed by atoms with Crippen molar-refractivity contribution >= 4 is 43.8 Å². The molecule has 0 saturated carbocycles. The fraction of sp³-hybridized carbons (Fsp3) is 0.138. The number of nitrogens with zero attached hydrogens (tertiary/aromatic N) is 2. The van der Waals surface area contributed by atoms with Crippen LogP contribution in [0.2, 0.25) is 0 Å². The molecule has 0 bridgehead atoms. The van der Waals surface area contributed by atoms with Gasteiger partial charge in [0.15, 0.2) is 0 Å². The number of hydrogen-bond acceptors (Lipinski definition) is 2. The summed E-state index contributed by atoms with van der Waals surface area (Å²) in [5.41, 5.74) is 11.0. The van der Waals surface area contributed by atoms with E-state index in [0.29, 0.717) is 0 Å². The molecule has 171 valence electrons. The van der Waals surface area contributed by atoms with Crippen molar-refractivity contribution in [2.75, 3.05) is 0 Å². The van der Waals surface area contributed by atoms with Gasteiger partial charge in [0.1, 0.15) is 0 Å². The van der Waals surface area contributed by atoms with E-state index in [1.54, 1.807) is 0 Å². The van der Waals surface area contributed by atoms with Crippen LogP contribution in [-0.4, -0.2) is 11.4 Å². The normalized spacial score (nSPS) is 14.3. The van der Waals surface area contributed by atoms with Crippen LogP contribution in [0.3, 0.4) is 0 Å². The Morgan fingerprint density at radius 3 is 1.24 bits per heavy atom. The van der Waals surface area contributed by atoms with Gasteiger partial charge in [0.2, 0.25) is 0 Å². The predicted octanol–water partition coefficient (Wildman–Crippen LogP) is 8.47. The Morgan fingerprint density at radius 2 is 0.879 bits per heavy atom. The van der Waals surface area contributed by atoms with Crippen molar-refractivity contribution in [3.8, 4) is 0 Å². The van der Waals surface area contributed by atoms with Gasteiger partial charge in [0, 0.05) is 16.5 Å². The molecule has 4 aromatic rings. The summed E-state index contributed by atoms with van der Waals surface area (Å²) in [6.07, 6.45) is 0. The van der Waals surface area contributed by atoms with Gasteiger partial charge in [0.25, 0.3) is 0 Å². The number of para-hydroxylation sites is 2. The van der Waals surface area contributed by atoms with Crippen LogP contribution in [0.25, 0.3) is 10.8 Å².